The Morgan fingerprint density at radius 1 is 0.957 bits per heavy atom. The maximum absolute atomic E-state index is 12.9. The van der Waals surface area contributed by atoms with Gasteiger partial charge in [0.25, 0.3) is 0 Å². The summed E-state index contributed by atoms with van der Waals surface area (Å²) in [7, 11) is -1.09. The molecule has 4 fully saturated rings. The maximum Gasteiger partial charge on any atom is 0.312 e. The number of carbonyl (C=O) groups is 1. The molecule has 0 aromatic carbocycles. The SMILES string of the molecule is C/C(COC(=O)C12CC3CC(CC(C3)C1)C2)=C(\C)C[Si](C)(C)C. The van der Waals surface area contributed by atoms with Gasteiger partial charge in [-0.2, -0.15) is 0 Å². The van der Waals surface area contributed by atoms with E-state index in [1.165, 1.54) is 36.5 Å². The third-order valence-electron chi connectivity index (χ3n) is 6.42. The first kappa shape index (κ1) is 17.3. The van der Waals surface area contributed by atoms with Crippen molar-refractivity contribution in [1.29, 1.82) is 0 Å². The monoisotopic (exact) mass is 334 g/mol. The Morgan fingerprint density at radius 2 is 1.43 bits per heavy atom. The highest BCUT2D eigenvalue weighted by molar-refractivity contribution is 6.76. The van der Waals surface area contributed by atoms with Crippen molar-refractivity contribution in [3.05, 3.63) is 11.1 Å². The Bertz CT molecular complexity index is 477. The molecule has 4 rings (SSSR count). The molecule has 130 valence electrons. The van der Waals surface area contributed by atoms with E-state index in [1.54, 1.807) is 0 Å². The lowest BCUT2D eigenvalue weighted by Gasteiger charge is -2.55. The fraction of sp³-hybridized carbons (Fsp3) is 0.850. The van der Waals surface area contributed by atoms with Crippen LogP contribution in [0.1, 0.15) is 52.4 Å². The molecular formula is C20H34O2Si. The Labute approximate surface area is 143 Å². The number of rotatable bonds is 5. The van der Waals surface area contributed by atoms with E-state index in [0.717, 1.165) is 37.0 Å². The van der Waals surface area contributed by atoms with E-state index in [2.05, 4.69) is 33.5 Å². The number of hydrogen-bond donors (Lipinski definition) is 0. The Balaban J connectivity index is 1.60. The van der Waals surface area contributed by atoms with Crippen LogP contribution in [0, 0.1) is 23.2 Å². The van der Waals surface area contributed by atoms with Crippen LogP contribution in [0.3, 0.4) is 0 Å². The molecule has 0 saturated heterocycles. The van der Waals surface area contributed by atoms with Crippen molar-refractivity contribution >= 4 is 14.0 Å². The molecule has 0 aliphatic heterocycles. The van der Waals surface area contributed by atoms with Crippen LogP contribution in [0.4, 0.5) is 0 Å². The molecule has 0 amide bonds. The van der Waals surface area contributed by atoms with Crippen LogP contribution in [-0.4, -0.2) is 20.7 Å². The molecule has 0 atom stereocenters. The highest BCUT2D eigenvalue weighted by Gasteiger charge is 2.55. The minimum absolute atomic E-state index is 0.109. The lowest BCUT2D eigenvalue weighted by molar-refractivity contribution is -0.170. The van der Waals surface area contributed by atoms with Gasteiger partial charge in [0.05, 0.1) is 5.41 Å². The van der Waals surface area contributed by atoms with Crippen LogP contribution in [-0.2, 0) is 9.53 Å². The summed E-state index contributed by atoms with van der Waals surface area (Å²) in [4.78, 5) is 12.9. The standard InChI is InChI=1S/C20H34O2Si/c1-14(15(2)13-23(3,4)5)12-22-19(21)20-9-16-6-17(10-20)8-18(7-16)11-20/h16-18H,6-13H2,1-5H3/b15-14-. The molecule has 4 saturated carbocycles. The minimum Gasteiger partial charge on any atom is -0.461 e. The molecule has 3 heteroatoms. The smallest absolute Gasteiger partial charge is 0.312 e. The van der Waals surface area contributed by atoms with Gasteiger partial charge in [-0.3, -0.25) is 4.79 Å². The van der Waals surface area contributed by atoms with Gasteiger partial charge in [0.2, 0.25) is 0 Å². The summed E-state index contributed by atoms with van der Waals surface area (Å²) in [5.41, 5.74) is 2.59. The fourth-order valence-corrected chi connectivity index (χ4v) is 7.65. The summed E-state index contributed by atoms with van der Waals surface area (Å²) >= 11 is 0. The van der Waals surface area contributed by atoms with Gasteiger partial charge in [0.15, 0.2) is 0 Å². The van der Waals surface area contributed by atoms with E-state index in [-0.39, 0.29) is 11.4 Å². The molecule has 0 spiro atoms. The van der Waals surface area contributed by atoms with Crippen LogP contribution in [0.15, 0.2) is 11.1 Å². The molecular weight excluding hydrogens is 300 g/mol. The second-order valence-electron chi connectivity index (χ2n) is 10.1. The molecule has 4 aliphatic carbocycles. The second kappa shape index (κ2) is 6.05. The highest BCUT2D eigenvalue weighted by atomic mass is 28.3. The highest BCUT2D eigenvalue weighted by Crippen LogP contribution is 2.60. The Kier molecular flexibility index (Phi) is 4.54. The van der Waals surface area contributed by atoms with Gasteiger partial charge < -0.3 is 4.74 Å². The van der Waals surface area contributed by atoms with E-state index in [4.69, 9.17) is 4.74 Å². The van der Waals surface area contributed by atoms with E-state index in [1.807, 2.05) is 0 Å². The van der Waals surface area contributed by atoms with Crippen molar-refractivity contribution in [2.24, 2.45) is 23.2 Å². The van der Waals surface area contributed by atoms with Crippen molar-refractivity contribution in [2.75, 3.05) is 6.61 Å². The summed E-state index contributed by atoms with van der Waals surface area (Å²) in [5, 5.41) is 0. The summed E-state index contributed by atoms with van der Waals surface area (Å²) in [6, 6.07) is 1.20. The van der Waals surface area contributed by atoms with E-state index < -0.39 is 8.07 Å². The molecule has 0 heterocycles. The van der Waals surface area contributed by atoms with Crippen molar-refractivity contribution in [2.45, 2.75) is 78.1 Å². The summed E-state index contributed by atoms with van der Waals surface area (Å²) in [6.45, 7) is 12.0. The normalized spacial score (nSPS) is 36.8. The molecule has 23 heavy (non-hydrogen) atoms. The minimum atomic E-state index is -1.09. The first-order chi connectivity index (χ1) is 10.7. The average molecular weight is 335 g/mol. The van der Waals surface area contributed by atoms with Gasteiger partial charge in [-0.15, -0.1) is 0 Å². The van der Waals surface area contributed by atoms with E-state index in [9.17, 15) is 4.79 Å². The van der Waals surface area contributed by atoms with Crippen LogP contribution in [0.2, 0.25) is 25.7 Å². The van der Waals surface area contributed by atoms with Crippen molar-refractivity contribution in [1.82, 2.24) is 0 Å². The van der Waals surface area contributed by atoms with Gasteiger partial charge in [0, 0.05) is 8.07 Å². The zero-order valence-corrected chi connectivity index (χ0v) is 16.7. The van der Waals surface area contributed by atoms with Crippen molar-refractivity contribution in [3.8, 4) is 0 Å². The number of allylic oxidation sites excluding steroid dienone is 1. The van der Waals surface area contributed by atoms with Gasteiger partial charge in [0.1, 0.15) is 6.61 Å². The van der Waals surface area contributed by atoms with Crippen molar-refractivity contribution < 1.29 is 9.53 Å². The predicted octanol–water partition coefficient (Wildman–Crippen LogP) is 5.42. The zero-order valence-electron chi connectivity index (χ0n) is 15.7. The number of esters is 1. The summed E-state index contributed by atoms with van der Waals surface area (Å²) in [6.07, 6.45) is 7.44. The zero-order chi connectivity index (χ0) is 16.8. The Morgan fingerprint density at radius 3 is 1.87 bits per heavy atom. The molecule has 0 N–H and O–H groups in total. The Hall–Kier alpha value is -0.573. The molecule has 0 aromatic rings. The molecule has 2 nitrogen and oxygen atoms in total. The maximum atomic E-state index is 12.9. The first-order valence-corrected chi connectivity index (χ1v) is 13.2. The summed E-state index contributed by atoms with van der Waals surface area (Å²) < 4.78 is 5.84. The van der Waals surface area contributed by atoms with E-state index in [0.29, 0.717) is 6.61 Å². The van der Waals surface area contributed by atoms with Crippen LogP contribution >= 0.6 is 0 Å². The lowest BCUT2D eigenvalue weighted by Crippen LogP contribution is -2.50. The van der Waals surface area contributed by atoms with E-state index >= 15 is 0 Å². The quantitative estimate of drug-likeness (QED) is 0.381. The topological polar surface area (TPSA) is 26.3 Å². The van der Waals surface area contributed by atoms with Crippen LogP contribution < -0.4 is 0 Å². The van der Waals surface area contributed by atoms with Gasteiger partial charge in [-0.1, -0.05) is 25.2 Å². The third kappa shape index (κ3) is 3.75. The summed E-state index contributed by atoms with van der Waals surface area (Å²) in [5.74, 6) is 2.54. The van der Waals surface area contributed by atoms with Gasteiger partial charge in [-0.05, 0) is 81.7 Å². The van der Waals surface area contributed by atoms with Crippen LogP contribution in [0.5, 0.6) is 0 Å². The van der Waals surface area contributed by atoms with Crippen LogP contribution in [0.25, 0.3) is 0 Å². The molecule has 0 unspecified atom stereocenters. The molecule has 0 radical (unpaired) electrons. The largest absolute Gasteiger partial charge is 0.461 e. The van der Waals surface area contributed by atoms with Gasteiger partial charge in [-0.25, -0.2) is 0 Å². The first-order valence-electron chi connectivity index (χ1n) is 9.49. The van der Waals surface area contributed by atoms with Crippen molar-refractivity contribution in [3.63, 3.8) is 0 Å². The molecule has 0 aromatic heterocycles. The lowest BCUT2D eigenvalue weighted by atomic mass is 9.49. The average Bonchev–Trinajstić information content (AvgIpc) is 2.40. The number of carbonyl (C=O) groups excluding carboxylic acids is 1. The number of hydrogen-bond acceptors (Lipinski definition) is 2. The third-order valence-corrected chi connectivity index (χ3v) is 8.01. The number of ether oxygens (including phenoxy) is 1. The molecule has 4 bridgehead atoms. The second-order valence-corrected chi connectivity index (χ2v) is 15.5. The molecule has 4 aliphatic rings. The predicted molar refractivity (Wildman–Crippen MR) is 98.1 cm³/mol. The van der Waals surface area contributed by atoms with Gasteiger partial charge >= 0.3 is 5.97 Å². The fourth-order valence-electron chi connectivity index (χ4n) is 5.76.